The summed E-state index contributed by atoms with van der Waals surface area (Å²) in [7, 11) is 1.23. The maximum absolute atomic E-state index is 11.2. The van der Waals surface area contributed by atoms with E-state index in [0.29, 0.717) is 0 Å². The van der Waals surface area contributed by atoms with Crippen LogP contribution < -0.4 is 10.1 Å². The molecule has 0 radical (unpaired) electrons. The molecular weight excluding hydrogens is 256 g/mol. The topological polar surface area (TPSA) is 127 Å². The largest absolute Gasteiger partial charge is 0.480 e. The molecule has 9 nitrogen and oxygen atoms in total. The molecule has 0 saturated carbocycles. The number of carboxylic acids is 1. The van der Waals surface area contributed by atoms with Crippen LogP contribution in [-0.4, -0.2) is 38.6 Å². The van der Waals surface area contributed by atoms with Crippen LogP contribution in [0.4, 0.5) is 11.5 Å². The van der Waals surface area contributed by atoms with Gasteiger partial charge in [0.25, 0.3) is 5.88 Å². The summed E-state index contributed by atoms with van der Waals surface area (Å²) in [6.07, 6.45) is 1.28. The number of hydrogen-bond acceptors (Lipinski definition) is 7. The van der Waals surface area contributed by atoms with Crippen molar-refractivity contribution in [2.45, 2.75) is 25.8 Å². The van der Waals surface area contributed by atoms with Gasteiger partial charge in [0, 0.05) is 0 Å². The highest BCUT2D eigenvalue weighted by Crippen LogP contribution is 2.32. The minimum Gasteiger partial charge on any atom is -0.480 e. The first-order chi connectivity index (χ1) is 8.85. The molecule has 1 atom stereocenters. The third-order valence-electron chi connectivity index (χ3n) is 2.74. The van der Waals surface area contributed by atoms with Crippen LogP contribution in [0.5, 0.6) is 5.88 Å². The SMILES string of the molecule is CCC(C)(Nc1ncnc(OC)c1[N+](=O)[O-])C(=O)O. The van der Waals surface area contributed by atoms with Gasteiger partial charge in [-0.1, -0.05) is 6.92 Å². The number of carboxylic acid groups (broad SMARTS) is 1. The van der Waals surface area contributed by atoms with Gasteiger partial charge in [0.15, 0.2) is 0 Å². The van der Waals surface area contributed by atoms with Gasteiger partial charge in [-0.05, 0) is 13.3 Å². The first kappa shape index (κ1) is 14.6. The quantitative estimate of drug-likeness (QED) is 0.580. The Bertz CT molecular complexity index is 507. The molecule has 0 amide bonds. The Morgan fingerprint density at radius 1 is 1.63 bits per heavy atom. The van der Waals surface area contributed by atoms with Crippen molar-refractivity contribution in [1.82, 2.24) is 9.97 Å². The van der Waals surface area contributed by atoms with E-state index in [-0.39, 0.29) is 18.1 Å². The van der Waals surface area contributed by atoms with E-state index >= 15 is 0 Å². The van der Waals surface area contributed by atoms with Crippen molar-refractivity contribution in [2.75, 3.05) is 12.4 Å². The van der Waals surface area contributed by atoms with Gasteiger partial charge in [-0.2, -0.15) is 4.98 Å². The van der Waals surface area contributed by atoms with Crippen LogP contribution in [0.25, 0.3) is 0 Å². The minimum atomic E-state index is -1.37. The standard InChI is InChI=1S/C10H14N4O5/c1-4-10(2,9(15)16)13-7-6(14(17)18)8(19-3)12-5-11-7/h5H,4H2,1-3H3,(H,15,16)(H,11,12,13). The van der Waals surface area contributed by atoms with Crippen LogP contribution in [-0.2, 0) is 4.79 Å². The molecule has 104 valence electrons. The van der Waals surface area contributed by atoms with Gasteiger partial charge in [-0.3, -0.25) is 10.1 Å². The Labute approximate surface area is 108 Å². The van der Waals surface area contributed by atoms with E-state index in [1.807, 2.05) is 0 Å². The van der Waals surface area contributed by atoms with Crippen LogP contribution in [0.15, 0.2) is 6.33 Å². The first-order valence-corrected chi connectivity index (χ1v) is 5.40. The molecule has 1 rings (SSSR count). The molecule has 1 aromatic rings. The molecule has 0 fully saturated rings. The molecule has 0 aromatic carbocycles. The fourth-order valence-electron chi connectivity index (χ4n) is 1.32. The normalized spacial score (nSPS) is 13.4. The van der Waals surface area contributed by atoms with Gasteiger partial charge in [0.2, 0.25) is 5.82 Å². The molecule has 1 aromatic heterocycles. The number of nitrogens with one attached hydrogen (secondary N) is 1. The highest BCUT2D eigenvalue weighted by atomic mass is 16.6. The number of methoxy groups -OCH3 is 1. The lowest BCUT2D eigenvalue weighted by atomic mass is 9.99. The van der Waals surface area contributed by atoms with Gasteiger partial charge >= 0.3 is 11.7 Å². The molecular formula is C10H14N4O5. The van der Waals surface area contributed by atoms with E-state index in [9.17, 15) is 14.9 Å². The van der Waals surface area contributed by atoms with Gasteiger partial charge in [0.1, 0.15) is 11.9 Å². The third-order valence-corrected chi connectivity index (χ3v) is 2.74. The number of anilines is 1. The zero-order valence-corrected chi connectivity index (χ0v) is 10.7. The smallest absolute Gasteiger partial charge is 0.372 e. The number of hydrogen-bond donors (Lipinski definition) is 2. The second-order valence-corrected chi connectivity index (χ2v) is 3.95. The molecule has 0 aliphatic heterocycles. The molecule has 0 spiro atoms. The van der Waals surface area contributed by atoms with Gasteiger partial charge in [-0.15, -0.1) is 0 Å². The minimum absolute atomic E-state index is 0.191. The number of aromatic nitrogens is 2. The highest BCUT2D eigenvalue weighted by Gasteiger charge is 2.35. The number of rotatable bonds is 6. The summed E-state index contributed by atoms with van der Waals surface area (Å²) in [5.74, 6) is -1.56. The number of nitrogens with zero attached hydrogens (tertiary/aromatic N) is 3. The summed E-state index contributed by atoms with van der Waals surface area (Å²) in [5, 5.41) is 22.7. The lowest BCUT2D eigenvalue weighted by Crippen LogP contribution is -2.43. The van der Waals surface area contributed by atoms with Gasteiger partial charge in [0.05, 0.1) is 12.0 Å². The van der Waals surface area contributed by atoms with Crippen molar-refractivity contribution in [3.63, 3.8) is 0 Å². The molecule has 1 unspecified atom stereocenters. The van der Waals surface area contributed by atoms with Crippen molar-refractivity contribution in [2.24, 2.45) is 0 Å². The third kappa shape index (κ3) is 2.87. The summed E-state index contributed by atoms with van der Waals surface area (Å²) in [5.41, 5.74) is -1.87. The van der Waals surface area contributed by atoms with E-state index in [4.69, 9.17) is 9.84 Å². The maximum atomic E-state index is 11.2. The molecule has 0 aliphatic carbocycles. The predicted molar refractivity (Wildman–Crippen MR) is 65.2 cm³/mol. The van der Waals surface area contributed by atoms with E-state index in [0.717, 1.165) is 6.33 Å². The summed E-state index contributed by atoms with van der Waals surface area (Å²) in [6.45, 7) is 3.05. The van der Waals surface area contributed by atoms with Crippen LogP contribution in [0.2, 0.25) is 0 Å². The van der Waals surface area contributed by atoms with Crippen LogP contribution in [0.3, 0.4) is 0 Å². The van der Waals surface area contributed by atoms with Crippen LogP contribution in [0.1, 0.15) is 20.3 Å². The van der Waals surface area contributed by atoms with Crippen molar-refractivity contribution in [1.29, 1.82) is 0 Å². The Hall–Kier alpha value is -2.45. The zero-order valence-electron chi connectivity index (χ0n) is 10.7. The molecule has 9 heteroatoms. The molecule has 0 saturated heterocycles. The average Bonchev–Trinajstić information content (AvgIpc) is 2.37. The van der Waals surface area contributed by atoms with E-state index in [1.54, 1.807) is 6.92 Å². The Kier molecular flexibility index (Phi) is 4.20. The number of carbonyl (C=O) groups is 1. The van der Waals surface area contributed by atoms with Crippen molar-refractivity contribution >= 4 is 17.5 Å². The average molecular weight is 270 g/mol. The van der Waals surface area contributed by atoms with Crippen LogP contribution in [0, 0.1) is 10.1 Å². The number of nitro groups is 1. The molecule has 19 heavy (non-hydrogen) atoms. The fourth-order valence-corrected chi connectivity index (χ4v) is 1.32. The molecule has 2 N–H and O–H groups in total. The maximum Gasteiger partial charge on any atom is 0.372 e. The predicted octanol–water partition coefficient (Wildman–Crippen LogP) is 1.06. The Morgan fingerprint density at radius 3 is 2.68 bits per heavy atom. The van der Waals surface area contributed by atoms with Crippen molar-refractivity contribution in [3.05, 3.63) is 16.4 Å². The van der Waals surface area contributed by atoms with Gasteiger partial charge in [-0.25, -0.2) is 9.78 Å². The van der Waals surface area contributed by atoms with E-state index < -0.39 is 22.1 Å². The molecule has 0 bridgehead atoms. The molecule has 0 aliphatic rings. The summed E-state index contributed by atoms with van der Waals surface area (Å²) >= 11 is 0. The Morgan fingerprint density at radius 2 is 2.26 bits per heavy atom. The highest BCUT2D eigenvalue weighted by molar-refractivity contribution is 5.83. The summed E-state index contributed by atoms with van der Waals surface area (Å²) < 4.78 is 4.78. The van der Waals surface area contributed by atoms with E-state index in [2.05, 4.69) is 15.3 Å². The number of aliphatic carboxylic acids is 1. The fraction of sp³-hybridized carbons (Fsp3) is 0.500. The Balaban J connectivity index is 3.28. The monoisotopic (exact) mass is 270 g/mol. The van der Waals surface area contributed by atoms with Crippen molar-refractivity contribution in [3.8, 4) is 5.88 Å². The lowest BCUT2D eigenvalue weighted by molar-refractivity contribution is -0.385. The van der Waals surface area contributed by atoms with Crippen LogP contribution >= 0.6 is 0 Å². The van der Waals surface area contributed by atoms with Crippen molar-refractivity contribution < 1.29 is 19.6 Å². The second kappa shape index (κ2) is 5.46. The molecule has 1 heterocycles. The summed E-state index contributed by atoms with van der Waals surface area (Å²) in [6, 6.07) is 0. The zero-order chi connectivity index (χ0) is 14.6. The van der Waals surface area contributed by atoms with Gasteiger partial charge < -0.3 is 15.2 Å². The second-order valence-electron chi connectivity index (χ2n) is 3.95. The van der Waals surface area contributed by atoms with E-state index in [1.165, 1.54) is 14.0 Å². The first-order valence-electron chi connectivity index (χ1n) is 5.40. The summed E-state index contributed by atoms with van der Waals surface area (Å²) in [4.78, 5) is 28.8. The number of ether oxygens (including phenoxy) is 1. The lowest BCUT2D eigenvalue weighted by Gasteiger charge is -2.24.